The van der Waals surface area contributed by atoms with Crippen molar-refractivity contribution in [2.75, 3.05) is 38.1 Å². The molecule has 0 bridgehead atoms. The maximum atomic E-state index is 14.2. The van der Waals surface area contributed by atoms with Gasteiger partial charge in [0, 0.05) is 72.2 Å². The molecule has 1 saturated heterocycles. The lowest BCUT2D eigenvalue weighted by atomic mass is 9.79. The van der Waals surface area contributed by atoms with Gasteiger partial charge >= 0.3 is 0 Å². The van der Waals surface area contributed by atoms with Crippen LogP contribution in [0.4, 0.5) is 5.69 Å². The van der Waals surface area contributed by atoms with Crippen LogP contribution >= 0.6 is 11.6 Å². The van der Waals surface area contributed by atoms with Crippen molar-refractivity contribution in [1.82, 2.24) is 14.8 Å². The average molecular weight is 499 g/mol. The van der Waals surface area contributed by atoms with Crippen LogP contribution in [-0.2, 0) is 4.79 Å². The molecule has 4 aromatic rings. The Morgan fingerprint density at radius 1 is 0.917 bits per heavy atom. The molecule has 6 rings (SSSR count). The van der Waals surface area contributed by atoms with Gasteiger partial charge in [0.2, 0.25) is 5.91 Å². The summed E-state index contributed by atoms with van der Waals surface area (Å²) in [6.07, 6.45) is 1.95. The molecule has 2 atom stereocenters. The van der Waals surface area contributed by atoms with Gasteiger partial charge in [-0.05, 0) is 35.9 Å². The van der Waals surface area contributed by atoms with Gasteiger partial charge in [0.25, 0.3) is 5.91 Å². The van der Waals surface area contributed by atoms with E-state index in [1.807, 2.05) is 90.9 Å². The molecule has 182 valence electrons. The highest BCUT2D eigenvalue weighted by Gasteiger charge is 2.45. The van der Waals surface area contributed by atoms with Crippen LogP contribution in [0.5, 0.6) is 0 Å². The van der Waals surface area contributed by atoms with E-state index in [1.165, 1.54) is 0 Å². The fourth-order valence-electron chi connectivity index (χ4n) is 5.72. The summed E-state index contributed by atoms with van der Waals surface area (Å²) in [5.41, 5.74) is 4.44. The molecule has 2 aliphatic heterocycles. The van der Waals surface area contributed by atoms with Crippen molar-refractivity contribution in [3.63, 3.8) is 0 Å². The van der Waals surface area contributed by atoms with Crippen LogP contribution in [0.2, 0.25) is 5.02 Å². The van der Waals surface area contributed by atoms with E-state index in [1.54, 1.807) is 4.90 Å². The Hall–Kier alpha value is -3.77. The Morgan fingerprint density at radius 2 is 1.67 bits per heavy atom. The van der Waals surface area contributed by atoms with Gasteiger partial charge < -0.3 is 19.7 Å². The first-order valence-electron chi connectivity index (χ1n) is 12.2. The van der Waals surface area contributed by atoms with Crippen molar-refractivity contribution in [3.8, 4) is 0 Å². The highest BCUT2D eigenvalue weighted by Crippen LogP contribution is 2.45. The number of carbonyl (C=O) groups excluding carboxylic acids is 2. The number of hydrogen-bond acceptors (Lipinski definition) is 3. The van der Waals surface area contributed by atoms with Gasteiger partial charge in [-0.15, -0.1) is 0 Å². The zero-order chi connectivity index (χ0) is 24.8. The first-order chi connectivity index (χ1) is 17.5. The quantitative estimate of drug-likeness (QED) is 0.428. The van der Waals surface area contributed by atoms with Crippen molar-refractivity contribution in [1.29, 1.82) is 0 Å². The summed E-state index contributed by atoms with van der Waals surface area (Å²) in [5, 5.41) is 1.74. The molecule has 6 nitrogen and oxygen atoms in total. The fourth-order valence-corrected chi connectivity index (χ4v) is 5.91. The van der Waals surface area contributed by atoms with Gasteiger partial charge in [-0.1, -0.05) is 54.1 Å². The molecule has 0 saturated carbocycles. The van der Waals surface area contributed by atoms with E-state index >= 15 is 0 Å². The number of carbonyl (C=O) groups is 2. The van der Waals surface area contributed by atoms with Crippen LogP contribution in [0.15, 0.2) is 79.0 Å². The second-order valence-electron chi connectivity index (χ2n) is 9.51. The fraction of sp³-hybridized carbons (Fsp3) is 0.241. The molecule has 7 heteroatoms. The maximum Gasteiger partial charge on any atom is 0.254 e. The van der Waals surface area contributed by atoms with Gasteiger partial charge in [0.05, 0.1) is 12.0 Å². The van der Waals surface area contributed by atoms with Gasteiger partial charge in [0.15, 0.2) is 0 Å². The number of piperazine rings is 1. The number of aromatic amines is 1. The van der Waals surface area contributed by atoms with Crippen molar-refractivity contribution in [3.05, 3.63) is 101 Å². The molecule has 1 aromatic heterocycles. The van der Waals surface area contributed by atoms with Crippen LogP contribution in [0.1, 0.15) is 33.4 Å². The van der Waals surface area contributed by atoms with E-state index in [9.17, 15) is 9.59 Å². The number of para-hydroxylation sites is 1. The van der Waals surface area contributed by atoms with Crippen LogP contribution in [0.3, 0.4) is 0 Å². The summed E-state index contributed by atoms with van der Waals surface area (Å²) in [4.78, 5) is 36.9. The molecule has 36 heavy (non-hydrogen) atoms. The number of rotatable bonds is 3. The van der Waals surface area contributed by atoms with Gasteiger partial charge in [-0.25, -0.2) is 0 Å². The Morgan fingerprint density at radius 3 is 2.47 bits per heavy atom. The highest BCUT2D eigenvalue weighted by atomic mass is 35.5. The van der Waals surface area contributed by atoms with Crippen LogP contribution in [0.25, 0.3) is 10.9 Å². The molecule has 2 aliphatic rings. The lowest BCUT2D eigenvalue weighted by molar-refractivity contribution is -0.134. The third-order valence-corrected chi connectivity index (χ3v) is 7.79. The number of benzene rings is 3. The molecule has 3 heterocycles. The van der Waals surface area contributed by atoms with E-state index in [4.69, 9.17) is 11.6 Å². The van der Waals surface area contributed by atoms with E-state index in [0.29, 0.717) is 23.7 Å². The van der Waals surface area contributed by atoms with Crippen molar-refractivity contribution in [2.24, 2.45) is 0 Å². The number of halogens is 1. The zero-order valence-corrected chi connectivity index (χ0v) is 20.8. The van der Waals surface area contributed by atoms with Gasteiger partial charge in [-0.2, -0.15) is 0 Å². The Bertz CT molecular complexity index is 1460. The third-order valence-electron chi connectivity index (χ3n) is 7.55. The van der Waals surface area contributed by atoms with Crippen LogP contribution in [-0.4, -0.2) is 59.8 Å². The number of H-pyrrole nitrogens is 1. The second-order valence-corrected chi connectivity index (χ2v) is 9.94. The first-order valence-corrected chi connectivity index (χ1v) is 12.6. The minimum atomic E-state index is -0.485. The molecule has 0 aliphatic carbocycles. The Balaban J connectivity index is 1.36. The SMILES string of the molecule is CN1C(=O)c2ccccc2C(C(=O)N2CCN(c3cccc(Cl)c3)CC2)C1c1c[nH]c2ccccc12. The summed E-state index contributed by atoms with van der Waals surface area (Å²) in [6, 6.07) is 23.0. The summed E-state index contributed by atoms with van der Waals surface area (Å²) in [7, 11) is 1.81. The summed E-state index contributed by atoms with van der Waals surface area (Å²) in [6.45, 7) is 2.69. The lowest BCUT2D eigenvalue weighted by Gasteiger charge is -2.43. The van der Waals surface area contributed by atoms with Gasteiger partial charge in [0.1, 0.15) is 0 Å². The molecule has 1 N–H and O–H groups in total. The molecule has 1 fully saturated rings. The van der Waals surface area contributed by atoms with E-state index in [2.05, 4.69) is 9.88 Å². The summed E-state index contributed by atoms with van der Waals surface area (Å²) < 4.78 is 0. The summed E-state index contributed by atoms with van der Waals surface area (Å²) in [5.74, 6) is -0.487. The Labute approximate surface area is 215 Å². The highest BCUT2D eigenvalue weighted by molar-refractivity contribution is 6.30. The number of likely N-dealkylation sites (N-methyl/N-ethyl adjacent to an activating group) is 1. The standard InChI is InChI=1S/C29H27ClN4O2/c1-32-27(24-18-31-25-12-5-4-9-21(24)25)26(22-10-2-3-11-23(22)28(32)35)29(36)34-15-13-33(14-16-34)20-8-6-7-19(30)17-20/h2-12,17-18,26-27,31H,13-16H2,1H3. The molecule has 2 unspecified atom stereocenters. The smallest absolute Gasteiger partial charge is 0.254 e. The predicted molar refractivity (Wildman–Crippen MR) is 143 cm³/mol. The van der Waals surface area contributed by atoms with Crippen LogP contribution < -0.4 is 4.90 Å². The van der Waals surface area contributed by atoms with E-state index < -0.39 is 12.0 Å². The monoisotopic (exact) mass is 498 g/mol. The number of nitrogens with zero attached hydrogens (tertiary/aromatic N) is 3. The average Bonchev–Trinajstić information content (AvgIpc) is 3.34. The maximum absolute atomic E-state index is 14.2. The number of fused-ring (bicyclic) bond motifs is 2. The minimum Gasteiger partial charge on any atom is -0.368 e. The number of nitrogens with one attached hydrogen (secondary N) is 1. The van der Waals surface area contributed by atoms with Crippen molar-refractivity contribution >= 4 is 40.0 Å². The Kier molecular flexibility index (Phi) is 5.69. The molecular formula is C29H27ClN4O2. The topological polar surface area (TPSA) is 59.7 Å². The zero-order valence-electron chi connectivity index (χ0n) is 20.0. The largest absolute Gasteiger partial charge is 0.368 e. The predicted octanol–water partition coefficient (Wildman–Crippen LogP) is 5.08. The van der Waals surface area contributed by atoms with Crippen molar-refractivity contribution in [2.45, 2.75) is 12.0 Å². The third kappa shape index (κ3) is 3.73. The second kappa shape index (κ2) is 9.03. The van der Waals surface area contributed by atoms with Gasteiger partial charge in [-0.3, -0.25) is 9.59 Å². The number of anilines is 1. The number of aromatic nitrogens is 1. The molecule has 0 spiro atoms. The number of amides is 2. The first kappa shape index (κ1) is 22.7. The summed E-state index contributed by atoms with van der Waals surface area (Å²) >= 11 is 6.20. The molecular weight excluding hydrogens is 472 g/mol. The lowest BCUT2D eigenvalue weighted by Crippen LogP contribution is -2.53. The van der Waals surface area contributed by atoms with E-state index in [-0.39, 0.29) is 11.8 Å². The molecule has 0 radical (unpaired) electrons. The normalized spacial score (nSPS) is 20.1. The number of hydrogen-bond donors (Lipinski definition) is 1. The minimum absolute atomic E-state index is 0.0582. The van der Waals surface area contributed by atoms with E-state index in [0.717, 1.165) is 40.8 Å². The molecule has 2 amide bonds. The van der Waals surface area contributed by atoms with Crippen LogP contribution in [0, 0.1) is 0 Å². The van der Waals surface area contributed by atoms with Crippen molar-refractivity contribution < 1.29 is 9.59 Å². The molecule has 3 aromatic carbocycles.